The van der Waals surface area contributed by atoms with Crippen LogP contribution in [0.1, 0.15) is 43.2 Å². The summed E-state index contributed by atoms with van der Waals surface area (Å²) >= 11 is 0. The van der Waals surface area contributed by atoms with Crippen LogP contribution in [0.15, 0.2) is 24.3 Å². The van der Waals surface area contributed by atoms with Crippen LogP contribution in [0, 0.1) is 24.2 Å². The van der Waals surface area contributed by atoms with E-state index in [9.17, 15) is 0 Å². The highest BCUT2D eigenvalue weighted by Gasteiger charge is 2.53. The van der Waals surface area contributed by atoms with Crippen LogP contribution in [0.5, 0.6) is 0 Å². The van der Waals surface area contributed by atoms with Gasteiger partial charge in [0.25, 0.3) is 0 Å². The van der Waals surface area contributed by atoms with Crippen LogP contribution in [0.2, 0.25) is 0 Å². The minimum atomic E-state index is 0.575. The molecule has 3 aliphatic carbocycles. The van der Waals surface area contributed by atoms with Crippen LogP contribution in [-0.2, 0) is 6.42 Å². The van der Waals surface area contributed by atoms with Gasteiger partial charge in [0, 0.05) is 12.6 Å². The quantitative estimate of drug-likeness (QED) is 0.846. The molecular weight excluding hydrogens is 230 g/mol. The lowest BCUT2D eigenvalue weighted by atomic mass is 9.77. The van der Waals surface area contributed by atoms with Crippen molar-refractivity contribution >= 4 is 0 Å². The monoisotopic (exact) mass is 255 g/mol. The zero-order valence-corrected chi connectivity index (χ0v) is 12.0. The second-order valence-corrected chi connectivity index (χ2v) is 7.48. The number of benzene rings is 1. The van der Waals surface area contributed by atoms with Crippen molar-refractivity contribution < 1.29 is 0 Å². The Kier molecular flexibility index (Phi) is 2.73. The molecule has 0 amide bonds. The summed E-state index contributed by atoms with van der Waals surface area (Å²) in [4.78, 5) is 0. The van der Waals surface area contributed by atoms with Gasteiger partial charge in [0.05, 0.1) is 0 Å². The van der Waals surface area contributed by atoms with Crippen LogP contribution in [0.3, 0.4) is 0 Å². The summed E-state index contributed by atoms with van der Waals surface area (Å²) in [7, 11) is 0. The SMILES string of the molecule is Cc1ccc(CC2(CNC3CC3)CC3CC3C2)cc1. The Balaban J connectivity index is 1.47. The minimum Gasteiger partial charge on any atom is -0.313 e. The molecule has 0 spiro atoms. The zero-order valence-electron chi connectivity index (χ0n) is 12.0. The number of nitrogens with one attached hydrogen (secondary N) is 1. The summed E-state index contributed by atoms with van der Waals surface area (Å²) in [5.74, 6) is 2.15. The van der Waals surface area contributed by atoms with Gasteiger partial charge in [-0.25, -0.2) is 0 Å². The molecule has 1 nitrogen and oxygen atoms in total. The van der Waals surface area contributed by atoms with E-state index in [-0.39, 0.29) is 0 Å². The van der Waals surface area contributed by atoms with Crippen molar-refractivity contribution in [3.8, 4) is 0 Å². The molecule has 0 bridgehead atoms. The Hall–Kier alpha value is -0.820. The molecule has 1 aromatic rings. The van der Waals surface area contributed by atoms with Crippen LogP contribution < -0.4 is 5.32 Å². The first kappa shape index (κ1) is 12.0. The molecule has 2 atom stereocenters. The highest BCUT2D eigenvalue weighted by Crippen LogP contribution is 2.60. The third kappa shape index (κ3) is 2.58. The first-order valence-electron chi connectivity index (χ1n) is 8.01. The second kappa shape index (κ2) is 4.34. The third-order valence-electron chi connectivity index (χ3n) is 5.50. The van der Waals surface area contributed by atoms with Gasteiger partial charge in [0.1, 0.15) is 0 Å². The van der Waals surface area contributed by atoms with E-state index >= 15 is 0 Å². The van der Waals surface area contributed by atoms with Gasteiger partial charge in [0.2, 0.25) is 0 Å². The summed E-state index contributed by atoms with van der Waals surface area (Å²) in [5, 5.41) is 3.81. The van der Waals surface area contributed by atoms with E-state index < -0.39 is 0 Å². The van der Waals surface area contributed by atoms with Crippen molar-refractivity contribution in [2.75, 3.05) is 6.54 Å². The second-order valence-electron chi connectivity index (χ2n) is 7.48. The van der Waals surface area contributed by atoms with Gasteiger partial charge < -0.3 is 5.32 Å². The highest BCUT2D eigenvalue weighted by molar-refractivity contribution is 5.23. The van der Waals surface area contributed by atoms with Gasteiger partial charge in [-0.15, -0.1) is 0 Å². The normalized spacial score (nSPS) is 36.3. The van der Waals surface area contributed by atoms with Gasteiger partial charge in [-0.2, -0.15) is 0 Å². The molecule has 0 aliphatic heterocycles. The Morgan fingerprint density at radius 1 is 1.11 bits per heavy atom. The molecule has 4 rings (SSSR count). The van der Waals surface area contributed by atoms with Crippen LogP contribution in [0.4, 0.5) is 0 Å². The first-order chi connectivity index (χ1) is 9.22. The van der Waals surface area contributed by atoms with Crippen molar-refractivity contribution in [2.45, 2.75) is 51.5 Å². The fourth-order valence-electron chi connectivity index (χ4n) is 4.14. The number of aryl methyl sites for hydroxylation is 1. The largest absolute Gasteiger partial charge is 0.313 e. The summed E-state index contributed by atoms with van der Waals surface area (Å²) in [6, 6.07) is 10.1. The van der Waals surface area contributed by atoms with Gasteiger partial charge in [0.15, 0.2) is 0 Å². The molecule has 1 N–H and O–H groups in total. The van der Waals surface area contributed by atoms with E-state index in [4.69, 9.17) is 0 Å². The summed E-state index contributed by atoms with van der Waals surface area (Å²) in [6.07, 6.45) is 8.59. The lowest BCUT2D eigenvalue weighted by Crippen LogP contribution is -2.36. The van der Waals surface area contributed by atoms with Crippen molar-refractivity contribution in [1.82, 2.24) is 5.32 Å². The lowest BCUT2D eigenvalue weighted by molar-refractivity contribution is 0.247. The predicted octanol–water partition coefficient (Wildman–Crippen LogP) is 3.71. The predicted molar refractivity (Wildman–Crippen MR) is 79.2 cm³/mol. The van der Waals surface area contributed by atoms with E-state index in [1.165, 1.54) is 50.6 Å². The van der Waals surface area contributed by atoms with E-state index in [0.717, 1.165) is 17.9 Å². The van der Waals surface area contributed by atoms with E-state index in [1.54, 1.807) is 5.56 Å². The van der Waals surface area contributed by atoms with Gasteiger partial charge in [-0.05, 0) is 68.3 Å². The molecule has 0 aromatic heterocycles. The Morgan fingerprint density at radius 3 is 2.42 bits per heavy atom. The van der Waals surface area contributed by atoms with E-state index in [1.807, 2.05) is 0 Å². The summed E-state index contributed by atoms with van der Waals surface area (Å²) in [5.41, 5.74) is 3.50. The Bertz CT molecular complexity index is 447. The molecule has 3 aliphatic rings. The average molecular weight is 255 g/mol. The molecule has 0 radical (unpaired) electrons. The maximum atomic E-state index is 3.81. The average Bonchev–Trinajstić information content (AvgIpc) is 3.31. The molecule has 3 fully saturated rings. The highest BCUT2D eigenvalue weighted by atomic mass is 15.0. The molecular formula is C18H25N. The van der Waals surface area contributed by atoms with Crippen LogP contribution >= 0.6 is 0 Å². The van der Waals surface area contributed by atoms with Crippen LogP contribution in [0.25, 0.3) is 0 Å². The number of fused-ring (bicyclic) bond motifs is 1. The molecule has 3 saturated carbocycles. The summed E-state index contributed by atoms with van der Waals surface area (Å²) in [6.45, 7) is 3.44. The van der Waals surface area contributed by atoms with Gasteiger partial charge >= 0.3 is 0 Å². The van der Waals surface area contributed by atoms with Crippen molar-refractivity contribution in [3.05, 3.63) is 35.4 Å². The smallest absolute Gasteiger partial charge is 0.00684 e. The van der Waals surface area contributed by atoms with Crippen molar-refractivity contribution in [2.24, 2.45) is 17.3 Å². The topological polar surface area (TPSA) is 12.0 Å². The minimum absolute atomic E-state index is 0.575. The van der Waals surface area contributed by atoms with Gasteiger partial charge in [-0.3, -0.25) is 0 Å². The maximum Gasteiger partial charge on any atom is 0.00684 e. The molecule has 1 aromatic carbocycles. The molecule has 102 valence electrons. The van der Waals surface area contributed by atoms with Gasteiger partial charge in [-0.1, -0.05) is 29.8 Å². The molecule has 1 heteroatoms. The summed E-state index contributed by atoms with van der Waals surface area (Å²) < 4.78 is 0. The number of hydrogen-bond acceptors (Lipinski definition) is 1. The Morgan fingerprint density at radius 2 is 1.79 bits per heavy atom. The molecule has 19 heavy (non-hydrogen) atoms. The molecule has 2 unspecified atom stereocenters. The fraction of sp³-hybridized carbons (Fsp3) is 0.667. The van der Waals surface area contributed by atoms with E-state index in [0.29, 0.717) is 5.41 Å². The van der Waals surface area contributed by atoms with E-state index in [2.05, 4.69) is 36.5 Å². The Labute approximate surface area is 116 Å². The van der Waals surface area contributed by atoms with Crippen molar-refractivity contribution in [3.63, 3.8) is 0 Å². The number of hydrogen-bond donors (Lipinski definition) is 1. The fourth-order valence-corrected chi connectivity index (χ4v) is 4.14. The van der Waals surface area contributed by atoms with Crippen molar-refractivity contribution in [1.29, 1.82) is 0 Å². The third-order valence-corrected chi connectivity index (χ3v) is 5.50. The molecule has 0 heterocycles. The zero-order chi connectivity index (χ0) is 12.9. The standard InChI is InChI=1S/C18H25N/c1-13-2-4-14(5-3-13)9-18(12-19-17-6-7-17)10-15-8-16(15)11-18/h2-5,15-17,19H,6-12H2,1H3. The van der Waals surface area contributed by atoms with Crippen LogP contribution in [-0.4, -0.2) is 12.6 Å². The molecule has 0 saturated heterocycles. The lowest BCUT2D eigenvalue weighted by Gasteiger charge is -2.32. The first-order valence-corrected chi connectivity index (χ1v) is 8.01. The maximum absolute atomic E-state index is 3.81. The number of rotatable bonds is 5.